The van der Waals surface area contributed by atoms with Gasteiger partial charge in [0.05, 0.1) is 16.3 Å². The molecule has 1 N–H and O–H groups in total. The fraction of sp³-hybridized carbons (Fsp3) is 0.278. The average Bonchev–Trinajstić information content (AvgIpc) is 3.08. The van der Waals surface area contributed by atoms with Gasteiger partial charge in [0.2, 0.25) is 0 Å². The van der Waals surface area contributed by atoms with Crippen LogP contribution in [-0.2, 0) is 10.0 Å². The van der Waals surface area contributed by atoms with Gasteiger partial charge in [-0.15, -0.1) is 0 Å². The number of carbonyl (C=O) groups is 1. The van der Waals surface area contributed by atoms with Crippen molar-refractivity contribution in [2.75, 3.05) is 17.8 Å². The van der Waals surface area contributed by atoms with Gasteiger partial charge in [-0.25, -0.2) is 8.42 Å². The van der Waals surface area contributed by atoms with Gasteiger partial charge in [0.1, 0.15) is 4.90 Å². The number of nitrogens with zero attached hydrogens (tertiary/aromatic N) is 1. The molecule has 2 aromatic carbocycles. The Hall–Kier alpha value is -1.57. The standard InChI is InChI=1S/C18H18BrClN2O3S/c1-12-5-4-6-15(17(12)18(23)22-9-2-3-10-22)21-26(24,25)16-8-7-13(19)11-14(16)20/h4-8,11,21H,2-3,9-10H2,1H3. The minimum atomic E-state index is -3.93. The van der Waals surface area contributed by atoms with E-state index in [-0.39, 0.29) is 21.5 Å². The molecule has 1 saturated heterocycles. The molecule has 1 fully saturated rings. The van der Waals surface area contributed by atoms with Crippen LogP contribution in [0.4, 0.5) is 5.69 Å². The quantitative estimate of drug-likeness (QED) is 0.738. The summed E-state index contributed by atoms with van der Waals surface area (Å²) < 4.78 is 28.8. The molecule has 8 heteroatoms. The number of anilines is 1. The molecule has 1 heterocycles. The van der Waals surface area contributed by atoms with Gasteiger partial charge in [-0.2, -0.15) is 0 Å². The van der Waals surface area contributed by atoms with E-state index in [2.05, 4.69) is 20.7 Å². The summed E-state index contributed by atoms with van der Waals surface area (Å²) in [5, 5.41) is 0.104. The molecule has 0 unspecified atom stereocenters. The molecule has 0 atom stereocenters. The van der Waals surface area contributed by atoms with E-state index in [0.717, 1.165) is 18.4 Å². The summed E-state index contributed by atoms with van der Waals surface area (Å²) >= 11 is 9.35. The molecular formula is C18H18BrClN2O3S. The number of aryl methyl sites for hydroxylation is 1. The molecule has 0 aliphatic carbocycles. The molecular weight excluding hydrogens is 440 g/mol. The number of nitrogens with one attached hydrogen (secondary N) is 1. The Bertz CT molecular complexity index is 957. The Kier molecular flexibility index (Phi) is 5.60. The first-order valence-corrected chi connectivity index (χ1v) is 10.8. The van der Waals surface area contributed by atoms with Gasteiger partial charge >= 0.3 is 0 Å². The Morgan fingerprint density at radius 1 is 1.19 bits per heavy atom. The number of amides is 1. The second kappa shape index (κ2) is 7.58. The third kappa shape index (κ3) is 3.89. The topological polar surface area (TPSA) is 66.5 Å². The summed E-state index contributed by atoms with van der Waals surface area (Å²) in [4.78, 5) is 14.6. The second-order valence-electron chi connectivity index (χ2n) is 6.18. The maximum Gasteiger partial charge on any atom is 0.263 e. The highest BCUT2D eigenvalue weighted by Crippen LogP contribution is 2.29. The minimum Gasteiger partial charge on any atom is -0.339 e. The van der Waals surface area contributed by atoms with Gasteiger partial charge in [0.15, 0.2) is 0 Å². The van der Waals surface area contributed by atoms with Crippen molar-refractivity contribution >= 4 is 49.1 Å². The molecule has 0 aromatic heterocycles. The molecule has 1 aliphatic rings. The molecule has 3 rings (SSSR count). The van der Waals surface area contributed by atoms with Crippen LogP contribution in [0.2, 0.25) is 5.02 Å². The van der Waals surface area contributed by atoms with Crippen LogP contribution in [0.1, 0.15) is 28.8 Å². The van der Waals surface area contributed by atoms with E-state index in [1.807, 2.05) is 0 Å². The molecule has 0 spiro atoms. The number of hydrogen-bond donors (Lipinski definition) is 1. The van der Waals surface area contributed by atoms with Crippen LogP contribution in [-0.4, -0.2) is 32.3 Å². The molecule has 26 heavy (non-hydrogen) atoms. The maximum atomic E-state index is 12.9. The lowest BCUT2D eigenvalue weighted by molar-refractivity contribution is 0.0793. The van der Waals surface area contributed by atoms with Crippen molar-refractivity contribution < 1.29 is 13.2 Å². The van der Waals surface area contributed by atoms with Crippen molar-refractivity contribution in [3.8, 4) is 0 Å². The van der Waals surface area contributed by atoms with Gasteiger partial charge in [-0.05, 0) is 49.6 Å². The van der Waals surface area contributed by atoms with Crippen molar-refractivity contribution in [3.63, 3.8) is 0 Å². The normalized spacial score (nSPS) is 14.5. The van der Waals surface area contributed by atoms with Crippen molar-refractivity contribution in [3.05, 3.63) is 57.0 Å². The Balaban J connectivity index is 1.99. The third-order valence-electron chi connectivity index (χ3n) is 4.31. The molecule has 0 bridgehead atoms. The predicted molar refractivity (Wildman–Crippen MR) is 106 cm³/mol. The summed E-state index contributed by atoms with van der Waals surface area (Å²) in [5.41, 5.74) is 1.37. The van der Waals surface area contributed by atoms with Crippen LogP contribution < -0.4 is 4.72 Å². The molecule has 1 amide bonds. The number of halogens is 2. The van der Waals surface area contributed by atoms with Crippen LogP contribution >= 0.6 is 27.5 Å². The van der Waals surface area contributed by atoms with E-state index < -0.39 is 10.0 Å². The molecule has 0 radical (unpaired) electrons. The van der Waals surface area contributed by atoms with Gasteiger partial charge in [0.25, 0.3) is 15.9 Å². The Morgan fingerprint density at radius 3 is 2.54 bits per heavy atom. The summed E-state index contributed by atoms with van der Waals surface area (Å²) in [6, 6.07) is 9.66. The average molecular weight is 458 g/mol. The number of hydrogen-bond acceptors (Lipinski definition) is 3. The van der Waals surface area contributed by atoms with E-state index >= 15 is 0 Å². The summed E-state index contributed by atoms with van der Waals surface area (Å²) in [7, 11) is -3.93. The number of benzene rings is 2. The summed E-state index contributed by atoms with van der Waals surface area (Å²) in [6.07, 6.45) is 1.93. The van der Waals surface area contributed by atoms with Gasteiger partial charge in [0, 0.05) is 17.6 Å². The van der Waals surface area contributed by atoms with E-state index in [0.29, 0.717) is 23.1 Å². The minimum absolute atomic E-state index is 0.0385. The summed E-state index contributed by atoms with van der Waals surface area (Å²) in [5.74, 6) is -0.153. The summed E-state index contributed by atoms with van der Waals surface area (Å²) in [6.45, 7) is 3.18. The molecule has 1 aliphatic heterocycles. The van der Waals surface area contributed by atoms with Crippen LogP contribution in [0.5, 0.6) is 0 Å². The predicted octanol–water partition coefficient (Wildman–Crippen LogP) is 4.45. The Labute approximate surface area is 166 Å². The zero-order valence-electron chi connectivity index (χ0n) is 14.1. The Morgan fingerprint density at radius 2 is 1.88 bits per heavy atom. The lowest BCUT2D eigenvalue weighted by atomic mass is 10.1. The number of carbonyl (C=O) groups excluding carboxylic acids is 1. The monoisotopic (exact) mass is 456 g/mol. The van der Waals surface area contributed by atoms with E-state index in [1.54, 1.807) is 36.1 Å². The van der Waals surface area contributed by atoms with Crippen LogP contribution in [0.25, 0.3) is 0 Å². The fourth-order valence-corrected chi connectivity index (χ4v) is 5.12. The number of likely N-dealkylation sites (tertiary alicyclic amines) is 1. The number of rotatable bonds is 4. The lowest BCUT2D eigenvalue weighted by Gasteiger charge is -2.20. The third-order valence-corrected chi connectivity index (χ3v) is 6.65. The van der Waals surface area contributed by atoms with Crippen molar-refractivity contribution in [2.24, 2.45) is 0 Å². The fourth-order valence-electron chi connectivity index (χ4n) is 3.01. The van der Waals surface area contributed by atoms with E-state index in [4.69, 9.17) is 11.6 Å². The van der Waals surface area contributed by atoms with E-state index in [9.17, 15) is 13.2 Å². The van der Waals surface area contributed by atoms with Gasteiger partial charge in [-0.3, -0.25) is 9.52 Å². The van der Waals surface area contributed by atoms with E-state index in [1.165, 1.54) is 12.1 Å². The van der Waals surface area contributed by atoms with Crippen molar-refractivity contribution in [1.29, 1.82) is 0 Å². The highest BCUT2D eigenvalue weighted by Gasteiger charge is 2.26. The smallest absolute Gasteiger partial charge is 0.263 e. The first-order chi connectivity index (χ1) is 12.3. The number of sulfonamides is 1. The molecule has 138 valence electrons. The first kappa shape index (κ1) is 19.2. The lowest BCUT2D eigenvalue weighted by Crippen LogP contribution is -2.29. The van der Waals surface area contributed by atoms with Crippen molar-refractivity contribution in [1.82, 2.24) is 4.90 Å². The van der Waals surface area contributed by atoms with Gasteiger partial charge in [-0.1, -0.05) is 39.7 Å². The second-order valence-corrected chi connectivity index (χ2v) is 9.15. The highest BCUT2D eigenvalue weighted by atomic mass is 79.9. The van der Waals surface area contributed by atoms with Crippen LogP contribution in [0, 0.1) is 6.92 Å². The highest BCUT2D eigenvalue weighted by molar-refractivity contribution is 9.10. The molecule has 2 aromatic rings. The van der Waals surface area contributed by atoms with Crippen molar-refractivity contribution in [2.45, 2.75) is 24.7 Å². The van der Waals surface area contributed by atoms with Crippen LogP contribution in [0.15, 0.2) is 45.8 Å². The zero-order valence-corrected chi connectivity index (χ0v) is 17.3. The SMILES string of the molecule is Cc1cccc(NS(=O)(=O)c2ccc(Br)cc2Cl)c1C(=O)N1CCCC1. The molecule has 5 nitrogen and oxygen atoms in total. The maximum absolute atomic E-state index is 12.9. The molecule has 0 saturated carbocycles. The zero-order chi connectivity index (χ0) is 18.9. The van der Waals surface area contributed by atoms with Crippen LogP contribution in [0.3, 0.4) is 0 Å². The first-order valence-electron chi connectivity index (χ1n) is 8.16. The van der Waals surface area contributed by atoms with Gasteiger partial charge < -0.3 is 4.90 Å². The largest absolute Gasteiger partial charge is 0.339 e.